The molecule has 6 saturated heterocycles. The summed E-state index contributed by atoms with van der Waals surface area (Å²) in [5.41, 5.74) is 5.28. The Hall–Kier alpha value is -0.520. The molecule has 0 saturated carbocycles. The molecule has 6 aliphatic rings. The molecule has 6 aliphatic heterocycles. The Morgan fingerprint density at radius 1 is 0.600 bits per heavy atom. The monoisotopic (exact) mass is 717 g/mol. The maximum atomic E-state index is 9.46. The van der Waals surface area contributed by atoms with Crippen LogP contribution < -0.4 is 27.0 Å². The summed E-state index contributed by atoms with van der Waals surface area (Å²) in [7, 11) is 0. The van der Waals surface area contributed by atoms with E-state index in [0.29, 0.717) is 25.7 Å². The van der Waals surface area contributed by atoms with Crippen LogP contribution in [0.2, 0.25) is 0 Å². The van der Waals surface area contributed by atoms with Crippen molar-refractivity contribution >= 4 is 0 Å². The summed E-state index contributed by atoms with van der Waals surface area (Å²) >= 11 is 0. The highest BCUT2D eigenvalue weighted by atomic mass is 16.3. The van der Waals surface area contributed by atoms with Crippen molar-refractivity contribution in [3.63, 3.8) is 0 Å². The molecule has 6 heterocycles. The lowest BCUT2D eigenvalue weighted by Gasteiger charge is -2.54. The fourth-order valence-electron chi connectivity index (χ4n) is 7.91. The lowest BCUT2D eigenvalue weighted by Crippen LogP contribution is -2.70. The van der Waals surface area contributed by atoms with Crippen LogP contribution in [-0.2, 0) is 0 Å². The molecule has 0 aromatic rings. The number of aliphatic hydroxyl groups excluding tert-OH is 5. The first-order valence-corrected chi connectivity index (χ1v) is 20.4. The Morgan fingerprint density at radius 2 is 1.24 bits per heavy atom. The predicted molar refractivity (Wildman–Crippen MR) is 204 cm³/mol. The summed E-state index contributed by atoms with van der Waals surface area (Å²) in [6.07, 6.45) is 15.2. The minimum Gasteiger partial charge on any atom is -0.396 e. The SMILES string of the molecule is NCCN1CCCC1.OC1CCCNC1.OCC1CCNCC1.OCCC1CCNCC1.OCCN1CCNCC1(CCO)N1CCCCC1. The van der Waals surface area contributed by atoms with Gasteiger partial charge in [0.25, 0.3) is 0 Å². The third-order valence-corrected chi connectivity index (χ3v) is 11.0. The van der Waals surface area contributed by atoms with E-state index in [2.05, 4.69) is 36.0 Å². The number of nitrogens with two attached hydrogens (primary N) is 1. The van der Waals surface area contributed by atoms with E-state index < -0.39 is 0 Å². The van der Waals surface area contributed by atoms with Crippen molar-refractivity contribution in [3.05, 3.63) is 0 Å². The van der Waals surface area contributed by atoms with Crippen LogP contribution in [0.1, 0.15) is 83.5 Å². The number of rotatable bonds is 10. The van der Waals surface area contributed by atoms with Gasteiger partial charge < -0.3 is 57.4 Å². The maximum absolute atomic E-state index is 9.46. The summed E-state index contributed by atoms with van der Waals surface area (Å²) in [6, 6.07) is 0. The van der Waals surface area contributed by atoms with Gasteiger partial charge in [-0.25, -0.2) is 0 Å². The van der Waals surface area contributed by atoms with Gasteiger partial charge in [-0.15, -0.1) is 0 Å². The average Bonchev–Trinajstić information content (AvgIpc) is 3.69. The quantitative estimate of drug-likeness (QED) is 0.141. The first-order valence-electron chi connectivity index (χ1n) is 20.4. The van der Waals surface area contributed by atoms with Crippen molar-refractivity contribution in [1.82, 2.24) is 36.0 Å². The van der Waals surface area contributed by atoms with E-state index in [9.17, 15) is 10.2 Å². The third-order valence-electron chi connectivity index (χ3n) is 11.0. The molecule has 2 unspecified atom stereocenters. The normalized spacial score (nSPS) is 27.4. The molecule has 13 heteroatoms. The average molecular weight is 717 g/mol. The minimum atomic E-state index is -0.0872. The second-order valence-electron chi connectivity index (χ2n) is 14.8. The van der Waals surface area contributed by atoms with Crippen molar-refractivity contribution < 1.29 is 25.5 Å². The van der Waals surface area contributed by atoms with Crippen LogP contribution in [0.5, 0.6) is 0 Å². The zero-order valence-corrected chi connectivity index (χ0v) is 31.7. The van der Waals surface area contributed by atoms with Crippen LogP contribution in [0.3, 0.4) is 0 Å². The molecule has 298 valence electrons. The Bertz CT molecular complexity index is 726. The van der Waals surface area contributed by atoms with Crippen molar-refractivity contribution in [2.75, 3.05) is 131 Å². The number of β-amino-alcohol motifs (C(OH)–C–C–N with tert-alkyl or cyclic N) is 2. The maximum Gasteiger partial charge on any atom is 0.0889 e. The van der Waals surface area contributed by atoms with Crippen molar-refractivity contribution in [1.29, 1.82) is 0 Å². The van der Waals surface area contributed by atoms with Gasteiger partial charge in [0, 0.05) is 72.1 Å². The van der Waals surface area contributed by atoms with Crippen molar-refractivity contribution in [3.8, 4) is 0 Å². The van der Waals surface area contributed by atoms with Gasteiger partial charge in [-0.2, -0.15) is 0 Å². The highest BCUT2D eigenvalue weighted by molar-refractivity contribution is 4.96. The standard InChI is InChI=1S/C13H27N3O2.C7H15NO.C6H14N2.C6H13NO.C5H11NO/c17-10-4-13(15-6-2-1-3-7-15)12-14-5-8-16(13)9-11-18;9-6-3-7-1-4-8-5-2-7;7-3-6-8-4-1-2-5-8;8-5-6-1-3-7-4-2-6;7-5-2-1-3-6-4-5/h14,17-18H,1-12H2;7-9H,1-6H2;1-7H2;6-8H,1-5H2;5-7H,1-4H2. The van der Waals surface area contributed by atoms with E-state index in [1.54, 1.807) is 0 Å². The number of hydrogen-bond donors (Lipinski definition) is 10. The molecule has 6 rings (SSSR count). The molecule has 11 N–H and O–H groups in total. The van der Waals surface area contributed by atoms with E-state index >= 15 is 0 Å². The lowest BCUT2D eigenvalue weighted by molar-refractivity contribution is -0.0989. The Balaban J connectivity index is 0.000000231. The Labute approximate surface area is 305 Å². The molecule has 0 spiro atoms. The van der Waals surface area contributed by atoms with E-state index in [0.717, 1.165) is 130 Å². The summed E-state index contributed by atoms with van der Waals surface area (Å²) < 4.78 is 0. The Kier molecular flexibility index (Phi) is 27.3. The second kappa shape index (κ2) is 29.9. The van der Waals surface area contributed by atoms with E-state index in [1.807, 2.05) is 0 Å². The van der Waals surface area contributed by atoms with Crippen molar-refractivity contribution in [2.24, 2.45) is 17.6 Å². The van der Waals surface area contributed by atoms with Crippen LogP contribution in [0, 0.1) is 11.8 Å². The third kappa shape index (κ3) is 19.0. The molecule has 2 atom stereocenters. The largest absolute Gasteiger partial charge is 0.396 e. The van der Waals surface area contributed by atoms with Gasteiger partial charge in [-0.05, 0) is 141 Å². The fraction of sp³-hybridized carbons (Fsp3) is 1.00. The van der Waals surface area contributed by atoms with Crippen LogP contribution in [0.4, 0.5) is 0 Å². The number of likely N-dealkylation sites (tertiary alicyclic amines) is 2. The first kappa shape index (κ1) is 45.6. The molecule has 0 aromatic heterocycles. The highest BCUT2D eigenvalue weighted by Gasteiger charge is 2.43. The number of aliphatic hydroxyl groups is 5. The van der Waals surface area contributed by atoms with Gasteiger partial charge in [0.2, 0.25) is 0 Å². The topological polar surface area (TPSA) is 185 Å². The summed E-state index contributed by atoms with van der Waals surface area (Å²) in [6.45, 7) is 17.7. The van der Waals surface area contributed by atoms with E-state index in [4.69, 9.17) is 21.1 Å². The zero-order valence-electron chi connectivity index (χ0n) is 31.7. The molecule has 0 aromatic carbocycles. The van der Waals surface area contributed by atoms with Gasteiger partial charge in [-0.1, -0.05) is 6.42 Å². The molecule has 50 heavy (non-hydrogen) atoms. The molecule has 0 amide bonds. The Morgan fingerprint density at radius 3 is 1.72 bits per heavy atom. The second-order valence-corrected chi connectivity index (χ2v) is 14.8. The summed E-state index contributed by atoms with van der Waals surface area (Å²) in [5.74, 6) is 1.37. The van der Waals surface area contributed by atoms with Crippen molar-refractivity contribution in [2.45, 2.75) is 95.2 Å². The first-order chi connectivity index (χ1) is 24.5. The zero-order chi connectivity index (χ0) is 36.1. The van der Waals surface area contributed by atoms with Gasteiger partial charge in [-0.3, -0.25) is 9.80 Å². The van der Waals surface area contributed by atoms with E-state index in [1.165, 1.54) is 58.0 Å². The summed E-state index contributed by atoms with van der Waals surface area (Å²) in [4.78, 5) is 7.31. The highest BCUT2D eigenvalue weighted by Crippen LogP contribution is 2.29. The van der Waals surface area contributed by atoms with Gasteiger partial charge >= 0.3 is 0 Å². The predicted octanol–water partition coefficient (Wildman–Crippen LogP) is -0.433. The number of nitrogens with one attached hydrogen (secondary N) is 4. The summed E-state index contributed by atoms with van der Waals surface area (Å²) in [5, 5.41) is 57.9. The smallest absolute Gasteiger partial charge is 0.0889 e. The van der Waals surface area contributed by atoms with Crippen LogP contribution in [0.25, 0.3) is 0 Å². The molecule has 13 nitrogen and oxygen atoms in total. The van der Waals surface area contributed by atoms with Crippen LogP contribution in [-0.4, -0.2) is 183 Å². The van der Waals surface area contributed by atoms with Gasteiger partial charge in [0.15, 0.2) is 0 Å². The number of piperidine rings is 4. The number of nitrogens with zero attached hydrogens (tertiary/aromatic N) is 3. The molecular formula is C37H80N8O5. The fourth-order valence-corrected chi connectivity index (χ4v) is 7.91. The lowest BCUT2D eigenvalue weighted by atomic mass is 9.95. The van der Waals surface area contributed by atoms with Gasteiger partial charge in [0.1, 0.15) is 0 Å². The molecule has 6 fully saturated rings. The number of piperazine rings is 1. The molecule has 0 bridgehead atoms. The van der Waals surface area contributed by atoms with Gasteiger partial charge in [0.05, 0.1) is 18.4 Å². The van der Waals surface area contributed by atoms with Crippen LogP contribution >= 0.6 is 0 Å². The molecule has 0 aliphatic carbocycles. The molecule has 0 radical (unpaired) electrons. The van der Waals surface area contributed by atoms with E-state index in [-0.39, 0.29) is 25.0 Å². The molecular weight excluding hydrogens is 636 g/mol. The minimum absolute atomic E-state index is 0.0752. The number of hydrogen-bond acceptors (Lipinski definition) is 13. The van der Waals surface area contributed by atoms with Crippen LogP contribution in [0.15, 0.2) is 0 Å².